The van der Waals surface area contributed by atoms with Gasteiger partial charge >= 0.3 is 0 Å². The number of halogens is 3. The van der Waals surface area contributed by atoms with Crippen molar-refractivity contribution in [3.8, 4) is 0 Å². The summed E-state index contributed by atoms with van der Waals surface area (Å²) in [6.45, 7) is 0. The van der Waals surface area contributed by atoms with Crippen molar-refractivity contribution >= 4 is 23.2 Å². The number of carbonyl (C=O) groups excluding carboxylic acids is 1. The Labute approximate surface area is 128 Å². The van der Waals surface area contributed by atoms with Crippen LogP contribution in [0, 0.1) is 17.7 Å². The molecule has 2 aromatic carbocycles. The van der Waals surface area contributed by atoms with E-state index in [1.54, 1.807) is 12.1 Å². The van der Waals surface area contributed by atoms with Crippen LogP contribution in [0.2, 0.25) is 5.02 Å². The second kappa shape index (κ2) is 6.80. The predicted octanol–water partition coefficient (Wildman–Crippen LogP) is 3.67. The zero-order chi connectivity index (χ0) is 13.1. The Bertz CT molecular complexity index is 590. The minimum atomic E-state index is -0.947. The van der Waals surface area contributed by atoms with Gasteiger partial charge in [-0.3, -0.25) is 4.79 Å². The zero-order valence-corrected chi connectivity index (χ0v) is 11.8. The minimum Gasteiger partial charge on any atom is -0.373 e. The third-order valence-corrected chi connectivity index (χ3v) is 2.47. The first kappa shape index (κ1) is 15.8. The summed E-state index contributed by atoms with van der Waals surface area (Å²) >= 11 is 5.68. The molecule has 2 nitrogen and oxygen atoms in total. The third kappa shape index (κ3) is 4.13. The molecule has 6 heteroatoms. The Morgan fingerprint density at radius 1 is 1.11 bits per heavy atom. The second-order valence-electron chi connectivity index (χ2n) is 3.49. The van der Waals surface area contributed by atoms with Gasteiger partial charge in [0.25, 0.3) is 0 Å². The van der Waals surface area contributed by atoms with Gasteiger partial charge < -0.3 is 5.32 Å². The molecule has 96 valence electrons. The van der Waals surface area contributed by atoms with Crippen molar-refractivity contribution < 1.29 is 35.3 Å². The summed E-state index contributed by atoms with van der Waals surface area (Å²) in [7, 11) is 0. The summed E-state index contributed by atoms with van der Waals surface area (Å²) in [5.41, 5.74) is 0.194. The molecule has 0 fully saturated rings. The molecule has 0 saturated heterocycles. The first-order chi connectivity index (χ1) is 8.56. The van der Waals surface area contributed by atoms with Gasteiger partial charge in [0.2, 0.25) is 5.91 Å². The standard InChI is InChI=1S/C13H7ClF2NO.Ti/c14-9-3-1-8(2-4-9)13(18)17-12-6-5-10(15)7-11(12)16;/h1-6H,(H,17,18);/q-1;. The van der Waals surface area contributed by atoms with Crippen molar-refractivity contribution in [2.24, 2.45) is 0 Å². The summed E-state index contributed by atoms with van der Waals surface area (Å²) in [5.74, 6) is -2.28. The fraction of sp³-hybridized carbons (Fsp3) is 0. The average Bonchev–Trinajstić information content (AvgIpc) is 2.33. The molecular weight excluding hydrogens is 307 g/mol. The topological polar surface area (TPSA) is 29.1 Å². The molecule has 0 atom stereocenters. The average molecular weight is 315 g/mol. The van der Waals surface area contributed by atoms with E-state index in [9.17, 15) is 13.6 Å². The number of rotatable bonds is 2. The van der Waals surface area contributed by atoms with Crippen LogP contribution in [0.4, 0.5) is 14.5 Å². The monoisotopic (exact) mass is 314 g/mol. The fourth-order valence-electron chi connectivity index (χ4n) is 1.34. The van der Waals surface area contributed by atoms with Crippen LogP contribution in [-0.4, -0.2) is 5.91 Å². The predicted molar refractivity (Wildman–Crippen MR) is 64.6 cm³/mol. The zero-order valence-electron chi connectivity index (χ0n) is 9.51. The van der Waals surface area contributed by atoms with Gasteiger partial charge in [0.15, 0.2) is 0 Å². The van der Waals surface area contributed by atoms with E-state index < -0.39 is 17.5 Å². The van der Waals surface area contributed by atoms with Gasteiger partial charge in [-0.1, -0.05) is 11.6 Å². The van der Waals surface area contributed by atoms with Crippen molar-refractivity contribution in [1.82, 2.24) is 0 Å². The van der Waals surface area contributed by atoms with Gasteiger partial charge in [-0.15, -0.1) is 18.2 Å². The maximum Gasteiger partial charge on any atom is 0.244 e. The van der Waals surface area contributed by atoms with E-state index in [4.69, 9.17) is 11.6 Å². The number of hydrogen-bond donors (Lipinski definition) is 1. The molecule has 19 heavy (non-hydrogen) atoms. The van der Waals surface area contributed by atoms with Crippen molar-refractivity contribution in [2.75, 3.05) is 5.32 Å². The first-order valence-electron chi connectivity index (χ1n) is 5.00. The van der Waals surface area contributed by atoms with E-state index in [2.05, 4.69) is 5.32 Å². The summed E-state index contributed by atoms with van der Waals surface area (Å²) < 4.78 is 25.9. The summed E-state index contributed by atoms with van der Waals surface area (Å²) in [5, 5.41) is 2.81. The van der Waals surface area contributed by atoms with Crippen LogP contribution >= 0.6 is 11.6 Å². The minimum absolute atomic E-state index is 0. The van der Waals surface area contributed by atoms with Crippen LogP contribution < -0.4 is 5.32 Å². The Hall–Kier alpha value is -1.23. The molecule has 0 aromatic heterocycles. The molecule has 2 aromatic rings. The molecule has 0 saturated carbocycles. The molecule has 0 aliphatic rings. The Morgan fingerprint density at radius 2 is 1.74 bits per heavy atom. The van der Waals surface area contributed by atoms with Crippen LogP contribution in [-0.2, 0) is 21.7 Å². The van der Waals surface area contributed by atoms with Crippen molar-refractivity contribution in [3.63, 3.8) is 0 Å². The Kier molecular flexibility index (Phi) is 5.67. The normalized spacial score (nSPS) is 9.63. The molecule has 0 aliphatic carbocycles. The second-order valence-corrected chi connectivity index (χ2v) is 3.93. The molecule has 2 rings (SSSR count). The molecule has 0 bridgehead atoms. The Balaban J connectivity index is 0.00000180. The van der Waals surface area contributed by atoms with Crippen LogP contribution in [0.1, 0.15) is 10.4 Å². The Morgan fingerprint density at radius 3 is 2.32 bits per heavy atom. The number of nitrogens with one attached hydrogen (secondary N) is 1. The number of anilines is 1. The molecule has 0 spiro atoms. The maximum atomic E-state index is 13.3. The quantitative estimate of drug-likeness (QED) is 0.665. The van der Waals surface area contributed by atoms with Gasteiger partial charge in [-0.25, -0.2) is 8.78 Å². The summed E-state index contributed by atoms with van der Waals surface area (Å²) in [6.07, 6.45) is 0. The van der Waals surface area contributed by atoms with Gasteiger partial charge in [0.1, 0.15) is 0 Å². The van der Waals surface area contributed by atoms with Gasteiger partial charge in [-0.05, 0) is 30.0 Å². The maximum absolute atomic E-state index is 13.3. The largest absolute Gasteiger partial charge is 0.373 e. The third-order valence-electron chi connectivity index (χ3n) is 2.22. The molecular formula is C13H7ClF2NOTi-. The molecule has 1 amide bonds. The molecule has 0 aliphatic heterocycles. The fourth-order valence-corrected chi connectivity index (χ4v) is 1.46. The van der Waals surface area contributed by atoms with Crippen LogP contribution in [0.5, 0.6) is 0 Å². The van der Waals surface area contributed by atoms with Crippen molar-refractivity contribution in [1.29, 1.82) is 0 Å². The smallest absolute Gasteiger partial charge is 0.244 e. The molecule has 0 unspecified atom stereocenters. The number of benzene rings is 2. The number of amides is 1. The van der Waals surface area contributed by atoms with Crippen molar-refractivity contribution in [2.45, 2.75) is 0 Å². The van der Waals surface area contributed by atoms with Gasteiger partial charge in [0, 0.05) is 43.9 Å². The van der Waals surface area contributed by atoms with Gasteiger partial charge in [-0.2, -0.15) is 0 Å². The van der Waals surface area contributed by atoms with Crippen LogP contribution in [0.15, 0.2) is 36.4 Å². The SMILES string of the molecule is O=C(Nc1ccc(F)[c-]c1F)c1ccc(Cl)cc1.[Ti]. The van der Waals surface area contributed by atoms with Crippen LogP contribution in [0.3, 0.4) is 0 Å². The van der Waals surface area contributed by atoms with E-state index >= 15 is 0 Å². The number of hydrogen-bond acceptors (Lipinski definition) is 1. The van der Waals surface area contributed by atoms with E-state index in [1.807, 2.05) is 6.07 Å². The van der Waals surface area contributed by atoms with E-state index in [0.717, 1.165) is 12.1 Å². The first-order valence-corrected chi connectivity index (χ1v) is 5.38. The van der Waals surface area contributed by atoms with E-state index in [0.29, 0.717) is 10.6 Å². The molecule has 1 N–H and O–H groups in total. The number of carbonyl (C=O) groups is 1. The van der Waals surface area contributed by atoms with Gasteiger partial charge in [0.05, 0.1) is 0 Å². The summed E-state index contributed by atoms with van der Waals surface area (Å²) in [6, 6.07) is 10.1. The van der Waals surface area contributed by atoms with Crippen molar-refractivity contribution in [3.05, 3.63) is 64.7 Å². The molecule has 0 heterocycles. The van der Waals surface area contributed by atoms with E-state index in [1.165, 1.54) is 12.1 Å². The molecule has 0 radical (unpaired) electrons. The van der Waals surface area contributed by atoms with E-state index in [-0.39, 0.29) is 27.4 Å². The van der Waals surface area contributed by atoms with Crippen LogP contribution in [0.25, 0.3) is 0 Å². The summed E-state index contributed by atoms with van der Waals surface area (Å²) in [4.78, 5) is 11.7.